The Bertz CT molecular complexity index is 219. The Morgan fingerprint density at radius 2 is 2.00 bits per heavy atom. The Hall–Kier alpha value is -0.650. The van der Waals surface area contributed by atoms with E-state index >= 15 is 0 Å². The first kappa shape index (κ1) is 16.4. The molecule has 0 rings (SSSR count). The summed E-state index contributed by atoms with van der Waals surface area (Å²) in [5.74, 6) is -0.210. The van der Waals surface area contributed by atoms with E-state index in [0.717, 1.165) is 0 Å². The van der Waals surface area contributed by atoms with Crippen LogP contribution in [0.5, 0.6) is 0 Å². The minimum atomic E-state index is -0.738. The molecule has 0 spiro atoms. The highest BCUT2D eigenvalue weighted by molar-refractivity contribution is 5.76. The molecule has 2 N–H and O–H groups in total. The van der Waals surface area contributed by atoms with E-state index in [1.54, 1.807) is 6.92 Å². The van der Waals surface area contributed by atoms with E-state index in [1.807, 2.05) is 20.8 Å². The molecule has 0 bridgehead atoms. The summed E-state index contributed by atoms with van der Waals surface area (Å²) in [6.45, 7) is 9.30. The molecule has 0 radical (unpaired) electrons. The second kappa shape index (κ2) is 8.44. The third kappa shape index (κ3) is 7.31. The van der Waals surface area contributed by atoms with Gasteiger partial charge in [-0.2, -0.15) is 0 Å². The number of aliphatic hydroxyl groups excluding tert-OH is 1. The molecule has 0 saturated carbocycles. The lowest BCUT2D eigenvalue weighted by atomic mass is 9.94. The molecule has 5 nitrogen and oxygen atoms in total. The van der Waals surface area contributed by atoms with Gasteiger partial charge in [0.15, 0.2) is 6.29 Å². The van der Waals surface area contributed by atoms with E-state index < -0.39 is 11.7 Å². The lowest BCUT2D eigenvalue weighted by Gasteiger charge is -2.23. The standard InChI is InChI=1S/C12H25NO4/c1-5-16-10(14)7-8-13-9-12(3,4)11(15)17-6-2/h10,13-14H,5-9H2,1-4H3. The SMILES string of the molecule is CCOC(=O)C(C)(C)CNCCC(O)OCC. The number of rotatable bonds is 9. The number of esters is 1. The van der Waals surface area contributed by atoms with Crippen molar-refractivity contribution >= 4 is 5.97 Å². The Morgan fingerprint density at radius 3 is 2.53 bits per heavy atom. The van der Waals surface area contributed by atoms with Crippen LogP contribution >= 0.6 is 0 Å². The van der Waals surface area contributed by atoms with Crippen LogP contribution in [-0.4, -0.2) is 43.7 Å². The molecule has 0 aliphatic heterocycles. The molecule has 1 atom stereocenters. The number of nitrogens with one attached hydrogen (secondary N) is 1. The zero-order valence-electron chi connectivity index (χ0n) is 11.3. The van der Waals surface area contributed by atoms with Crippen molar-refractivity contribution in [1.82, 2.24) is 5.32 Å². The van der Waals surface area contributed by atoms with Gasteiger partial charge >= 0.3 is 5.97 Å². The van der Waals surface area contributed by atoms with Gasteiger partial charge in [-0.1, -0.05) is 0 Å². The molecule has 0 aromatic carbocycles. The minimum Gasteiger partial charge on any atom is -0.466 e. The second-order valence-corrected chi connectivity index (χ2v) is 4.48. The first-order valence-electron chi connectivity index (χ1n) is 6.11. The van der Waals surface area contributed by atoms with Crippen LogP contribution in [0.2, 0.25) is 0 Å². The van der Waals surface area contributed by atoms with Crippen molar-refractivity contribution in [3.8, 4) is 0 Å². The molecule has 5 heteroatoms. The van der Waals surface area contributed by atoms with Gasteiger partial charge in [0.2, 0.25) is 0 Å². The van der Waals surface area contributed by atoms with Gasteiger partial charge in [0.25, 0.3) is 0 Å². The second-order valence-electron chi connectivity index (χ2n) is 4.48. The number of aliphatic hydroxyl groups is 1. The summed E-state index contributed by atoms with van der Waals surface area (Å²) in [6, 6.07) is 0. The zero-order valence-corrected chi connectivity index (χ0v) is 11.3. The van der Waals surface area contributed by atoms with E-state index in [1.165, 1.54) is 0 Å². The van der Waals surface area contributed by atoms with Crippen LogP contribution in [0.4, 0.5) is 0 Å². The van der Waals surface area contributed by atoms with Crippen LogP contribution in [0.3, 0.4) is 0 Å². The maximum absolute atomic E-state index is 11.6. The lowest BCUT2D eigenvalue weighted by Crippen LogP contribution is -2.38. The zero-order chi connectivity index (χ0) is 13.3. The first-order chi connectivity index (χ1) is 7.94. The number of ether oxygens (including phenoxy) is 2. The highest BCUT2D eigenvalue weighted by atomic mass is 16.6. The molecule has 0 fully saturated rings. The first-order valence-corrected chi connectivity index (χ1v) is 6.11. The monoisotopic (exact) mass is 247 g/mol. The Labute approximate surface area is 103 Å². The molecule has 0 aliphatic rings. The summed E-state index contributed by atoms with van der Waals surface area (Å²) in [7, 11) is 0. The van der Waals surface area contributed by atoms with Crippen molar-refractivity contribution in [2.75, 3.05) is 26.3 Å². The van der Waals surface area contributed by atoms with Gasteiger partial charge in [0, 0.05) is 19.6 Å². The summed E-state index contributed by atoms with van der Waals surface area (Å²) < 4.78 is 9.95. The molecule has 0 aromatic rings. The highest BCUT2D eigenvalue weighted by Crippen LogP contribution is 2.15. The van der Waals surface area contributed by atoms with Crippen LogP contribution in [0, 0.1) is 5.41 Å². The number of carbonyl (C=O) groups excluding carboxylic acids is 1. The van der Waals surface area contributed by atoms with Crippen LogP contribution in [0.25, 0.3) is 0 Å². The highest BCUT2D eigenvalue weighted by Gasteiger charge is 2.28. The summed E-state index contributed by atoms with van der Waals surface area (Å²) in [4.78, 5) is 11.6. The minimum absolute atomic E-state index is 0.210. The molecule has 0 aromatic heterocycles. The molecule has 0 amide bonds. The topological polar surface area (TPSA) is 67.8 Å². The van der Waals surface area contributed by atoms with Crippen molar-refractivity contribution in [3.05, 3.63) is 0 Å². The van der Waals surface area contributed by atoms with Gasteiger partial charge in [0.05, 0.1) is 12.0 Å². The fraction of sp³-hybridized carbons (Fsp3) is 0.917. The molecule has 0 heterocycles. The van der Waals surface area contributed by atoms with Crippen molar-refractivity contribution in [2.24, 2.45) is 5.41 Å². The Morgan fingerprint density at radius 1 is 1.35 bits per heavy atom. The molecule has 1 unspecified atom stereocenters. The molecule has 0 aliphatic carbocycles. The number of hydrogen-bond donors (Lipinski definition) is 2. The van der Waals surface area contributed by atoms with Gasteiger partial charge < -0.3 is 19.9 Å². The maximum atomic E-state index is 11.6. The average molecular weight is 247 g/mol. The van der Waals surface area contributed by atoms with Gasteiger partial charge in [-0.25, -0.2) is 0 Å². The Balaban J connectivity index is 3.75. The predicted molar refractivity (Wildman–Crippen MR) is 65.5 cm³/mol. The number of carbonyl (C=O) groups is 1. The third-order valence-electron chi connectivity index (χ3n) is 2.32. The van der Waals surface area contributed by atoms with Crippen molar-refractivity contribution in [3.63, 3.8) is 0 Å². The van der Waals surface area contributed by atoms with Crippen LogP contribution < -0.4 is 5.32 Å². The fourth-order valence-corrected chi connectivity index (χ4v) is 1.30. The molecular weight excluding hydrogens is 222 g/mol. The van der Waals surface area contributed by atoms with E-state index in [9.17, 15) is 9.90 Å². The van der Waals surface area contributed by atoms with Crippen molar-refractivity contribution in [1.29, 1.82) is 0 Å². The number of hydrogen-bond acceptors (Lipinski definition) is 5. The molecular formula is C12H25NO4. The van der Waals surface area contributed by atoms with Gasteiger partial charge in [-0.3, -0.25) is 4.79 Å². The fourth-order valence-electron chi connectivity index (χ4n) is 1.30. The average Bonchev–Trinajstić information content (AvgIpc) is 2.25. The summed E-state index contributed by atoms with van der Waals surface area (Å²) in [5.41, 5.74) is -0.549. The van der Waals surface area contributed by atoms with Crippen LogP contribution in [0.1, 0.15) is 34.1 Å². The van der Waals surface area contributed by atoms with Gasteiger partial charge in [-0.05, 0) is 34.2 Å². The third-order valence-corrected chi connectivity index (χ3v) is 2.32. The molecule has 102 valence electrons. The van der Waals surface area contributed by atoms with Gasteiger partial charge in [-0.15, -0.1) is 0 Å². The van der Waals surface area contributed by atoms with E-state index in [4.69, 9.17) is 9.47 Å². The summed E-state index contributed by atoms with van der Waals surface area (Å²) >= 11 is 0. The molecule has 0 saturated heterocycles. The van der Waals surface area contributed by atoms with E-state index in [-0.39, 0.29) is 5.97 Å². The molecule has 17 heavy (non-hydrogen) atoms. The van der Waals surface area contributed by atoms with Crippen LogP contribution in [0.15, 0.2) is 0 Å². The normalized spacial score (nSPS) is 13.5. The van der Waals surface area contributed by atoms with E-state index in [2.05, 4.69) is 5.32 Å². The summed E-state index contributed by atoms with van der Waals surface area (Å²) in [6.07, 6.45) is -0.231. The quantitative estimate of drug-likeness (QED) is 0.360. The van der Waals surface area contributed by atoms with Crippen molar-refractivity contribution < 1.29 is 19.4 Å². The Kier molecular flexibility index (Phi) is 8.12. The smallest absolute Gasteiger partial charge is 0.312 e. The van der Waals surface area contributed by atoms with Gasteiger partial charge in [0.1, 0.15) is 0 Å². The van der Waals surface area contributed by atoms with Crippen LogP contribution in [-0.2, 0) is 14.3 Å². The maximum Gasteiger partial charge on any atom is 0.312 e. The summed E-state index contributed by atoms with van der Waals surface area (Å²) in [5, 5.41) is 12.4. The largest absolute Gasteiger partial charge is 0.466 e. The van der Waals surface area contributed by atoms with Crippen molar-refractivity contribution in [2.45, 2.75) is 40.4 Å². The lowest BCUT2D eigenvalue weighted by molar-refractivity contribution is -0.153. The predicted octanol–water partition coefficient (Wildman–Crippen LogP) is 0.910. The van der Waals surface area contributed by atoms with E-state index in [0.29, 0.717) is 32.7 Å².